The molecule has 0 radical (unpaired) electrons. The largest absolute Gasteiger partial charge is 0.493 e. The number of ether oxygens (including phenoxy) is 3. The first kappa shape index (κ1) is 21.8. The highest BCUT2D eigenvalue weighted by Gasteiger charge is 2.49. The van der Waals surface area contributed by atoms with E-state index in [0.717, 1.165) is 13.7 Å². The Kier molecular flexibility index (Phi) is 6.16. The van der Waals surface area contributed by atoms with Gasteiger partial charge in [0.05, 0.1) is 31.3 Å². The summed E-state index contributed by atoms with van der Waals surface area (Å²) in [5.41, 5.74) is -1.12. The third-order valence-electron chi connectivity index (χ3n) is 6.18. The monoisotopic (exact) mass is 421 g/mol. The minimum atomic E-state index is -0.825. The third kappa shape index (κ3) is 3.79. The van der Waals surface area contributed by atoms with Crippen molar-refractivity contribution < 1.29 is 28.7 Å². The summed E-state index contributed by atoms with van der Waals surface area (Å²) in [6, 6.07) is 2.46. The van der Waals surface area contributed by atoms with Gasteiger partial charge in [0.15, 0.2) is 11.5 Å². The van der Waals surface area contributed by atoms with Gasteiger partial charge in [0.25, 0.3) is 5.69 Å². The van der Waals surface area contributed by atoms with Crippen LogP contribution in [0.3, 0.4) is 0 Å². The number of piperazine rings is 1. The van der Waals surface area contributed by atoms with E-state index in [1.807, 2.05) is 14.1 Å². The zero-order valence-electron chi connectivity index (χ0n) is 17.7. The van der Waals surface area contributed by atoms with Crippen molar-refractivity contribution in [2.75, 3.05) is 41.4 Å². The zero-order valence-corrected chi connectivity index (χ0v) is 17.7. The number of amides is 1. The van der Waals surface area contributed by atoms with Gasteiger partial charge in [-0.3, -0.25) is 19.8 Å². The fraction of sp³-hybridized carbons (Fsp3) is 0.600. The van der Waals surface area contributed by atoms with Crippen LogP contribution in [0.15, 0.2) is 12.1 Å². The molecule has 2 fully saturated rings. The molecule has 1 spiro atoms. The fourth-order valence-electron chi connectivity index (χ4n) is 4.32. The van der Waals surface area contributed by atoms with Gasteiger partial charge in [0.1, 0.15) is 11.1 Å². The van der Waals surface area contributed by atoms with Crippen LogP contribution in [0.25, 0.3) is 0 Å². The molecule has 1 aromatic rings. The lowest BCUT2D eigenvalue weighted by atomic mass is 9.77. The molecule has 1 heterocycles. The molecule has 0 bridgehead atoms. The minimum absolute atomic E-state index is 0.135. The Bertz CT molecular complexity index is 849. The number of nitro groups is 1. The Morgan fingerprint density at radius 1 is 1.17 bits per heavy atom. The Morgan fingerprint density at radius 3 is 2.40 bits per heavy atom. The highest BCUT2D eigenvalue weighted by Crippen LogP contribution is 2.40. The van der Waals surface area contributed by atoms with Gasteiger partial charge in [-0.25, -0.2) is 4.79 Å². The van der Waals surface area contributed by atoms with Crippen molar-refractivity contribution in [1.82, 2.24) is 9.80 Å². The molecule has 1 aliphatic carbocycles. The smallest absolute Gasteiger partial charge is 0.345 e. The third-order valence-corrected chi connectivity index (χ3v) is 6.18. The maximum Gasteiger partial charge on any atom is 0.345 e. The zero-order chi connectivity index (χ0) is 22.1. The normalized spacial score (nSPS) is 24.6. The van der Waals surface area contributed by atoms with Crippen LogP contribution in [0, 0.1) is 10.1 Å². The van der Waals surface area contributed by atoms with Crippen molar-refractivity contribution in [3.05, 3.63) is 27.8 Å². The molecule has 0 N–H and O–H groups in total. The number of nitrogens with zero attached hydrogens (tertiary/aromatic N) is 3. The van der Waals surface area contributed by atoms with Crippen LogP contribution in [0.1, 0.15) is 36.0 Å². The molecule has 3 rings (SSSR count). The van der Waals surface area contributed by atoms with Crippen LogP contribution in [-0.2, 0) is 9.53 Å². The number of nitro benzene ring substituents is 1. The second-order valence-corrected chi connectivity index (χ2v) is 7.77. The standard InChI is InChI=1S/C20H27N3O7/c1-21-9-10-22(2)20(19(21)25)7-5-13(6-8-20)30-17-11-14(18(24)29-4)15(23(26)27)12-16(17)28-3/h11-13H,5-10H2,1-4H3/t13-,20-. The van der Waals surface area contributed by atoms with E-state index < -0.39 is 22.1 Å². The van der Waals surface area contributed by atoms with E-state index in [1.54, 1.807) is 4.90 Å². The van der Waals surface area contributed by atoms with Crippen molar-refractivity contribution in [2.45, 2.75) is 37.3 Å². The first-order valence-corrected chi connectivity index (χ1v) is 9.81. The maximum atomic E-state index is 12.8. The van der Waals surface area contributed by atoms with Gasteiger partial charge >= 0.3 is 5.97 Å². The van der Waals surface area contributed by atoms with Gasteiger partial charge in [0, 0.05) is 26.2 Å². The van der Waals surface area contributed by atoms with Gasteiger partial charge < -0.3 is 19.1 Å². The molecular formula is C20H27N3O7. The van der Waals surface area contributed by atoms with Crippen LogP contribution >= 0.6 is 0 Å². The summed E-state index contributed by atoms with van der Waals surface area (Å²) in [5.74, 6) is -0.282. The second-order valence-electron chi connectivity index (χ2n) is 7.77. The molecule has 30 heavy (non-hydrogen) atoms. The predicted octanol–water partition coefficient (Wildman–Crippen LogP) is 1.85. The Balaban J connectivity index is 1.81. The first-order chi connectivity index (χ1) is 14.2. The molecule has 10 heteroatoms. The number of hydrogen-bond acceptors (Lipinski definition) is 8. The predicted molar refractivity (Wildman–Crippen MR) is 107 cm³/mol. The van der Waals surface area contributed by atoms with Crippen molar-refractivity contribution >= 4 is 17.6 Å². The summed E-state index contributed by atoms with van der Waals surface area (Å²) >= 11 is 0. The van der Waals surface area contributed by atoms with E-state index in [9.17, 15) is 19.7 Å². The summed E-state index contributed by atoms with van der Waals surface area (Å²) in [6.07, 6.45) is 2.37. The lowest BCUT2D eigenvalue weighted by Gasteiger charge is -2.50. The summed E-state index contributed by atoms with van der Waals surface area (Å²) in [6.45, 7) is 1.54. The lowest BCUT2D eigenvalue weighted by Crippen LogP contribution is -2.65. The first-order valence-electron chi connectivity index (χ1n) is 9.81. The Labute approximate surface area is 174 Å². The second kappa shape index (κ2) is 8.47. The van der Waals surface area contributed by atoms with E-state index in [0.29, 0.717) is 32.2 Å². The highest BCUT2D eigenvalue weighted by molar-refractivity contribution is 5.95. The average molecular weight is 421 g/mol. The number of carbonyl (C=O) groups excluding carboxylic acids is 2. The van der Waals surface area contributed by atoms with Gasteiger partial charge in [-0.05, 0) is 32.7 Å². The summed E-state index contributed by atoms with van der Waals surface area (Å²) in [4.78, 5) is 39.4. The van der Waals surface area contributed by atoms with E-state index in [-0.39, 0.29) is 29.1 Å². The van der Waals surface area contributed by atoms with Crippen molar-refractivity contribution in [3.8, 4) is 11.5 Å². The number of benzene rings is 1. The number of rotatable bonds is 5. The molecule has 1 amide bonds. The average Bonchev–Trinajstić information content (AvgIpc) is 2.75. The molecule has 0 aromatic heterocycles. The minimum Gasteiger partial charge on any atom is -0.493 e. The molecule has 164 valence electrons. The summed E-state index contributed by atoms with van der Waals surface area (Å²) < 4.78 is 16.0. The van der Waals surface area contributed by atoms with E-state index in [2.05, 4.69) is 9.64 Å². The number of methoxy groups -OCH3 is 2. The summed E-state index contributed by atoms with van der Waals surface area (Å²) in [7, 11) is 6.35. The molecule has 1 saturated carbocycles. The maximum absolute atomic E-state index is 12.8. The Hall–Kier alpha value is -2.88. The van der Waals surface area contributed by atoms with Crippen LogP contribution in [0.2, 0.25) is 0 Å². The SMILES string of the molecule is COC(=O)c1cc(O[C@H]2CC[C@]3(CC2)C(=O)N(C)CCN3C)c(OC)cc1[N+](=O)[O-]. The van der Waals surface area contributed by atoms with Crippen LogP contribution in [0.5, 0.6) is 11.5 Å². The fourth-order valence-corrected chi connectivity index (χ4v) is 4.32. The van der Waals surface area contributed by atoms with E-state index >= 15 is 0 Å². The molecular weight excluding hydrogens is 394 g/mol. The lowest BCUT2D eigenvalue weighted by molar-refractivity contribution is -0.385. The molecule has 10 nitrogen and oxygen atoms in total. The molecule has 1 saturated heterocycles. The van der Waals surface area contributed by atoms with Gasteiger partial charge in [-0.2, -0.15) is 0 Å². The Morgan fingerprint density at radius 2 is 1.83 bits per heavy atom. The number of hydrogen-bond donors (Lipinski definition) is 0. The van der Waals surface area contributed by atoms with Crippen molar-refractivity contribution in [2.24, 2.45) is 0 Å². The number of carbonyl (C=O) groups is 2. The molecule has 2 aliphatic rings. The van der Waals surface area contributed by atoms with E-state index in [4.69, 9.17) is 9.47 Å². The van der Waals surface area contributed by atoms with Crippen molar-refractivity contribution in [1.29, 1.82) is 0 Å². The quantitative estimate of drug-likeness (QED) is 0.402. The topological polar surface area (TPSA) is 111 Å². The molecule has 1 aromatic carbocycles. The van der Waals surface area contributed by atoms with Crippen LogP contribution in [-0.4, -0.2) is 79.6 Å². The van der Waals surface area contributed by atoms with Crippen LogP contribution < -0.4 is 9.47 Å². The number of likely N-dealkylation sites (N-methyl/N-ethyl adjacent to an activating group) is 2. The van der Waals surface area contributed by atoms with Gasteiger partial charge in [0.2, 0.25) is 5.91 Å². The van der Waals surface area contributed by atoms with E-state index in [1.165, 1.54) is 19.2 Å². The van der Waals surface area contributed by atoms with Crippen LogP contribution in [0.4, 0.5) is 5.69 Å². The van der Waals surface area contributed by atoms with Gasteiger partial charge in [-0.1, -0.05) is 0 Å². The van der Waals surface area contributed by atoms with Gasteiger partial charge in [-0.15, -0.1) is 0 Å². The molecule has 0 atom stereocenters. The number of esters is 1. The summed E-state index contributed by atoms with van der Waals surface area (Å²) in [5, 5.41) is 11.3. The van der Waals surface area contributed by atoms with Crippen molar-refractivity contribution in [3.63, 3.8) is 0 Å². The molecule has 0 unspecified atom stereocenters. The highest BCUT2D eigenvalue weighted by atomic mass is 16.6. The molecule has 1 aliphatic heterocycles.